The maximum atomic E-state index is 5.36. The molecule has 1 saturated carbocycles. The number of nitrogens with one attached hydrogen (secondary N) is 1. The molecule has 4 nitrogen and oxygen atoms in total. The van der Waals surface area contributed by atoms with E-state index in [9.17, 15) is 0 Å². The second-order valence-corrected chi connectivity index (χ2v) is 6.05. The first-order valence-corrected chi connectivity index (χ1v) is 6.58. The van der Waals surface area contributed by atoms with Crippen LogP contribution in [-0.2, 0) is 0 Å². The third-order valence-electron chi connectivity index (χ3n) is 4.74. The molecular formula is C14H23N3O. The summed E-state index contributed by atoms with van der Waals surface area (Å²) in [5, 5.41) is 3.39. The van der Waals surface area contributed by atoms with Crippen molar-refractivity contribution in [3.05, 3.63) is 12.4 Å². The number of anilines is 1. The normalized spacial score (nSPS) is 20.5. The van der Waals surface area contributed by atoms with Gasteiger partial charge < -0.3 is 10.1 Å². The molecule has 0 amide bonds. The van der Waals surface area contributed by atoms with E-state index in [0.29, 0.717) is 29.2 Å². The largest absolute Gasteiger partial charge is 0.478 e. The van der Waals surface area contributed by atoms with E-state index in [1.165, 1.54) is 6.33 Å². The molecule has 0 atom stereocenters. The molecule has 18 heavy (non-hydrogen) atoms. The van der Waals surface area contributed by atoms with E-state index in [1.807, 2.05) is 13.0 Å². The molecule has 0 saturated heterocycles. The molecule has 2 rings (SSSR count). The highest BCUT2D eigenvalue weighted by atomic mass is 16.5. The van der Waals surface area contributed by atoms with Crippen LogP contribution in [0.3, 0.4) is 0 Å². The molecule has 1 N–H and O–H groups in total. The van der Waals surface area contributed by atoms with Gasteiger partial charge in [-0.2, -0.15) is 0 Å². The van der Waals surface area contributed by atoms with Gasteiger partial charge in [0, 0.05) is 12.6 Å². The van der Waals surface area contributed by atoms with E-state index < -0.39 is 0 Å². The van der Waals surface area contributed by atoms with E-state index in [2.05, 4.69) is 43.0 Å². The van der Waals surface area contributed by atoms with Crippen molar-refractivity contribution in [1.82, 2.24) is 9.97 Å². The van der Waals surface area contributed by atoms with Crippen molar-refractivity contribution >= 4 is 5.82 Å². The second-order valence-electron chi connectivity index (χ2n) is 6.05. The minimum atomic E-state index is 0.399. The molecule has 0 unspecified atom stereocenters. The number of rotatable bonds is 5. The maximum absolute atomic E-state index is 5.36. The van der Waals surface area contributed by atoms with Crippen LogP contribution in [0.2, 0.25) is 0 Å². The molecule has 0 bridgehead atoms. The van der Waals surface area contributed by atoms with Crippen LogP contribution in [0.4, 0.5) is 5.82 Å². The molecule has 0 aromatic carbocycles. The minimum Gasteiger partial charge on any atom is -0.478 e. The third-order valence-corrected chi connectivity index (χ3v) is 4.74. The van der Waals surface area contributed by atoms with Gasteiger partial charge in [-0.1, -0.05) is 27.7 Å². The second kappa shape index (κ2) is 4.41. The summed E-state index contributed by atoms with van der Waals surface area (Å²) in [6, 6.07) is 1.85. The highest BCUT2D eigenvalue weighted by molar-refractivity contribution is 5.38. The quantitative estimate of drug-likeness (QED) is 0.871. The van der Waals surface area contributed by atoms with Crippen LogP contribution in [-0.4, -0.2) is 23.1 Å². The molecule has 4 heteroatoms. The molecule has 1 aliphatic rings. The number of aromatic nitrogens is 2. The third kappa shape index (κ3) is 2.16. The number of hydrogen-bond acceptors (Lipinski definition) is 4. The van der Waals surface area contributed by atoms with Crippen LogP contribution < -0.4 is 10.1 Å². The summed E-state index contributed by atoms with van der Waals surface area (Å²) < 4.78 is 5.36. The van der Waals surface area contributed by atoms with Crippen molar-refractivity contribution in [2.75, 3.05) is 18.5 Å². The zero-order valence-corrected chi connectivity index (χ0v) is 11.9. The Hall–Kier alpha value is -1.32. The number of nitrogens with zero attached hydrogens (tertiary/aromatic N) is 2. The lowest BCUT2D eigenvalue weighted by atomic mass is 10.0. The van der Waals surface area contributed by atoms with Gasteiger partial charge in [-0.3, -0.25) is 0 Å². The van der Waals surface area contributed by atoms with Crippen LogP contribution in [0.25, 0.3) is 0 Å². The van der Waals surface area contributed by atoms with Crippen molar-refractivity contribution in [2.24, 2.45) is 16.7 Å². The summed E-state index contributed by atoms with van der Waals surface area (Å²) in [5.41, 5.74) is 0.797. The average molecular weight is 249 g/mol. The molecule has 1 heterocycles. The van der Waals surface area contributed by atoms with E-state index in [0.717, 1.165) is 12.4 Å². The fourth-order valence-electron chi connectivity index (χ4n) is 2.71. The Morgan fingerprint density at radius 2 is 1.89 bits per heavy atom. The van der Waals surface area contributed by atoms with Gasteiger partial charge in [0.2, 0.25) is 5.88 Å². The number of ether oxygens (including phenoxy) is 1. The minimum absolute atomic E-state index is 0.399. The van der Waals surface area contributed by atoms with Crippen molar-refractivity contribution < 1.29 is 4.74 Å². The Kier molecular flexibility index (Phi) is 3.21. The lowest BCUT2D eigenvalue weighted by Crippen LogP contribution is -2.09. The molecule has 1 fully saturated rings. The molecule has 0 radical (unpaired) electrons. The van der Waals surface area contributed by atoms with Gasteiger partial charge in [0.1, 0.15) is 12.1 Å². The zero-order valence-electron chi connectivity index (χ0n) is 11.9. The smallest absolute Gasteiger partial charge is 0.218 e. The monoisotopic (exact) mass is 249 g/mol. The lowest BCUT2D eigenvalue weighted by molar-refractivity contribution is 0.326. The predicted molar refractivity (Wildman–Crippen MR) is 72.7 cm³/mol. The first-order valence-electron chi connectivity index (χ1n) is 6.58. The predicted octanol–water partition coefficient (Wildman–Crippen LogP) is 2.97. The van der Waals surface area contributed by atoms with Gasteiger partial charge in [-0.15, -0.1) is 0 Å². The van der Waals surface area contributed by atoms with E-state index in [-0.39, 0.29) is 0 Å². The molecule has 100 valence electrons. The van der Waals surface area contributed by atoms with Gasteiger partial charge in [-0.25, -0.2) is 9.97 Å². The summed E-state index contributed by atoms with van der Waals surface area (Å²) in [4.78, 5) is 8.27. The van der Waals surface area contributed by atoms with Gasteiger partial charge in [0.15, 0.2) is 0 Å². The molecule has 0 spiro atoms. The van der Waals surface area contributed by atoms with E-state index >= 15 is 0 Å². The Bertz CT molecular complexity index is 415. The first kappa shape index (κ1) is 13.1. The Morgan fingerprint density at radius 1 is 1.22 bits per heavy atom. The van der Waals surface area contributed by atoms with Gasteiger partial charge in [0.25, 0.3) is 0 Å². The van der Waals surface area contributed by atoms with E-state index in [1.54, 1.807) is 0 Å². The summed E-state index contributed by atoms with van der Waals surface area (Å²) in [6.45, 7) is 12.8. The summed E-state index contributed by atoms with van der Waals surface area (Å²) in [7, 11) is 0. The summed E-state index contributed by atoms with van der Waals surface area (Å²) >= 11 is 0. The fraction of sp³-hybridized carbons (Fsp3) is 0.714. The van der Waals surface area contributed by atoms with Crippen molar-refractivity contribution in [3.63, 3.8) is 0 Å². The Morgan fingerprint density at radius 3 is 2.44 bits per heavy atom. The Balaban J connectivity index is 1.94. The average Bonchev–Trinajstić information content (AvgIpc) is 2.68. The molecular weight excluding hydrogens is 226 g/mol. The van der Waals surface area contributed by atoms with Crippen LogP contribution in [0.15, 0.2) is 12.4 Å². The molecule has 1 aromatic rings. The van der Waals surface area contributed by atoms with Crippen molar-refractivity contribution in [2.45, 2.75) is 34.6 Å². The van der Waals surface area contributed by atoms with Gasteiger partial charge in [0.05, 0.1) is 6.61 Å². The first-order chi connectivity index (χ1) is 8.39. The summed E-state index contributed by atoms with van der Waals surface area (Å²) in [6.07, 6.45) is 1.54. The fourth-order valence-corrected chi connectivity index (χ4v) is 2.71. The molecule has 1 aromatic heterocycles. The van der Waals surface area contributed by atoms with Crippen LogP contribution in [0.1, 0.15) is 34.6 Å². The lowest BCUT2D eigenvalue weighted by Gasteiger charge is -2.08. The van der Waals surface area contributed by atoms with Crippen LogP contribution >= 0.6 is 0 Å². The van der Waals surface area contributed by atoms with Gasteiger partial charge in [-0.05, 0) is 23.7 Å². The van der Waals surface area contributed by atoms with E-state index in [4.69, 9.17) is 4.74 Å². The standard InChI is InChI=1S/C14H23N3O/c1-6-18-12-7-11(16-9-17-12)15-8-10-13(2,3)14(10,4)5/h7,9-10H,6,8H2,1-5H3,(H,15,16,17). The number of hydrogen-bond donors (Lipinski definition) is 1. The Labute approximate surface area is 109 Å². The zero-order chi connectivity index (χ0) is 13.4. The molecule has 1 aliphatic carbocycles. The van der Waals surface area contributed by atoms with Crippen molar-refractivity contribution in [1.29, 1.82) is 0 Å². The highest BCUT2D eigenvalue weighted by Crippen LogP contribution is 2.68. The van der Waals surface area contributed by atoms with Crippen molar-refractivity contribution in [3.8, 4) is 5.88 Å². The SMILES string of the molecule is CCOc1cc(NCC2C(C)(C)C2(C)C)ncn1. The van der Waals surface area contributed by atoms with Gasteiger partial charge >= 0.3 is 0 Å². The highest BCUT2D eigenvalue weighted by Gasteiger charge is 2.64. The summed E-state index contributed by atoms with van der Waals surface area (Å²) in [5.74, 6) is 2.15. The maximum Gasteiger partial charge on any atom is 0.218 e. The van der Waals surface area contributed by atoms with Crippen LogP contribution in [0.5, 0.6) is 5.88 Å². The topological polar surface area (TPSA) is 47.0 Å². The van der Waals surface area contributed by atoms with Crippen LogP contribution in [0, 0.1) is 16.7 Å². The molecule has 0 aliphatic heterocycles.